The number of hydrogen-bond donors (Lipinski definition) is 3. The molecule has 0 saturated heterocycles. The molecule has 0 aliphatic heterocycles. The van der Waals surface area contributed by atoms with Crippen molar-refractivity contribution in [1.29, 1.82) is 0 Å². The second-order valence-electron chi connectivity index (χ2n) is 7.09. The van der Waals surface area contributed by atoms with Crippen LogP contribution in [-0.2, 0) is 10.2 Å². The van der Waals surface area contributed by atoms with Crippen LogP contribution in [0.2, 0.25) is 5.02 Å². The average molecular weight is 363 g/mol. The van der Waals surface area contributed by atoms with Gasteiger partial charge in [-0.3, -0.25) is 9.79 Å². The Morgan fingerprint density at radius 1 is 1.32 bits per heavy atom. The third kappa shape index (κ3) is 5.36. The molecule has 0 bridgehead atoms. The van der Waals surface area contributed by atoms with Crippen LogP contribution >= 0.6 is 11.6 Å². The number of halogens is 1. The zero-order chi connectivity index (χ0) is 17.7. The van der Waals surface area contributed by atoms with Gasteiger partial charge in [-0.05, 0) is 49.8 Å². The zero-order valence-corrected chi connectivity index (χ0v) is 15.5. The molecule has 0 spiro atoms. The molecule has 2 aliphatic rings. The highest BCUT2D eigenvalue weighted by molar-refractivity contribution is 6.30. The molecule has 136 valence electrons. The van der Waals surface area contributed by atoms with Crippen LogP contribution in [0.4, 0.5) is 0 Å². The van der Waals surface area contributed by atoms with Crippen molar-refractivity contribution >= 4 is 23.5 Å². The summed E-state index contributed by atoms with van der Waals surface area (Å²) in [6, 6.07) is 8.57. The number of carbonyl (C=O) groups is 1. The molecule has 3 rings (SSSR count). The number of rotatable bonds is 8. The lowest BCUT2D eigenvalue weighted by atomic mass is 9.96. The first-order valence-electron chi connectivity index (χ1n) is 9.11. The molecule has 2 aliphatic carbocycles. The number of guanidine groups is 1. The molecule has 1 aromatic carbocycles. The maximum absolute atomic E-state index is 11.7. The van der Waals surface area contributed by atoms with Crippen LogP contribution < -0.4 is 16.0 Å². The van der Waals surface area contributed by atoms with Crippen molar-refractivity contribution in [1.82, 2.24) is 16.0 Å². The van der Waals surface area contributed by atoms with Gasteiger partial charge in [0.05, 0.1) is 0 Å². The molecule has 2 saturated carbocycles. The van der Waals surface area contributed by atoms with Gasteiger partial charge in [0.25, 0.3) is 0 Å². The lowest BCUT2D eigenvalue weighted by Crippen LogP contribution is -2.41. The average Bonchev–Trinajstić information content (AvgIpc) is 3.50. The lowest BCUT2D eigenvalue weighted by Gasteiger charge is -2.19. The number of nitrogens with one attached hydrogen (secondary N) is 3. The maximum Gasteiger partial charge on any atom is 0.220 e. The van der Waals surface area contributed by atoms with Crippen LogP contribution in [-0.4, -0.2) is 38.0 Å². The summed E-state index contributed by atoms with van der Waals surface area (Å²) in [5, 5.41) is 10.5. The largest absolute Gasteiger partial charge is 0.356 e. The minimum absolute atomic E-state index is 0.158. The fraction of sp³-hybridized carbons (Fsp3) is 0.579. The van der Waals surface area contributed by atoms with Crippen LogP contribution in [0.25, 0.3) is 0 Å². The normalized spacial score (nSPS) is 18.6. The van der Waals surface area contributed by atoms with Gasteiger partial charge in [-0.25, -0.2) is 0 Å². The Morgan fingerprint density at radius 3 is 2.76 bits per heavy atom. The van der Waals surface area contributed by atoms with E-state index in [0.29, 0.717) is 12.5 Å². The fourth-order valence-electron chi connectivity index (χ4n) is 2.99. The van der Waals surface area contributed by atoms with Crippen molar-refractivity contribution in [3.8, 4) is 0 Å². The Bertz CT molecular complexity index is 638. The van der Waals surface area contributed by atoms with Gasteiger partial charge in [0.2, 0.25) is 5.91 Å². The molecule has 0 atom stereocenters. The first-order chi connectivity index (χ1) is 12.1. The van der Waals surface area contributed by atoms with Crippen LogP contribution in [0.15, 0.2) is 29.3 Å². The smallest absolute Gasteiger partial charge is 0.220 e. The highest BCUT2D eigenvalue weighted by atomic mass is 35.5. The highest BCUT2D eigenvalue weighted by Gasteiger charge is 2.44. The van der Waals surface area contributed by atoms with Gasteiger partial charge in [-0.2, -0.15) is 0 Å². The van der Waals surface area contributed by atoms with E-state index < -0.39 is 0 Å². The standard InChI is InChI=1S/C19H27ClN4O/c1-21-18(22-11-3-6-17(25)24-16-7-8-16)23-13-19(9-10-19)14-4-2-5-15(20)12-14/h2,4-5,12,16H,3,6-11,13H2,1H3,(H,24,25)(H2,21,22,23). The van der Waals surface area contributed by atoms with Gasteiger partial charge in [-0.1, -0.05) is 23.7 Å². The van der Waals surface area contributed by atoms with Crippen molar-refractivity contribution in [3.63, 3.8) is 0 Å². The van der Waals surface area contributed by atoms with E-state index in [-0.39, 0.29) is 11.3 Å². The molecular weight excluding hydrogens is 336 g/mol. The number of nitrogens with zero attached hydrogens (tertiary/aromatic N) is 1. The van der Waals surface area contributed by atoms with E-state index >= 15 is 0 Å². The quantitative estimate of drug-likeness (QED) is 0.378. The fourth-order valence-corrected chi connectivity index (χ4v) is 3.18. The molecule has 6 heteroatoms. The van der Waals surface area contributed by atoms with Crippen molar-refractivity contribution in [2.75, 3.05) is 20.1 Å². The van der Waals surface area contributed by atoms with E-state index in [1.807, 2.05) is 12.1 Å². The summed E-state index contributed by atoms with van der Waals surface area (Å²) in [5.74, 6) is 0.945. The second kappa shape index (κ2) is 8.09. The van der Waals surface area contributed by atoms with E-state index in [9.17, 15) is 4.79 Å². The van der Waals surface area contributed by atoms with Crippen LogP contribution in [0.1, 0.15) is 44.1 Å². The Hall–Kier alpha value is -1.75. The van der Waals surface area contributed by atoms with Gasteiger partial charge in [-0.15, -0.1) is 0 Å². The van der Waals surface area contributed by atoms with Gasteiger partial charge < -0.3 is 16.0 Å². The van der Waals surface area contributed by atoms with Gasteiger partial charge >= 0.3 is 0 Å². The molecule has 1 amide bonds. The van der Waals surface area contributed by atoms with Crippen LogP contribution in [0.3, 0.4) is 0 Å². The Labute approximate surface area is 154 Å². The minimum atomic E-state index is 0.158. The molecule has 2 fully saturated rings. The van der Waals surface area contributed by atoms with E-state index in [2.05, 4.69) is 33.1 Å². The van der Waals surface area contributed by atoms with E-state index in [4.69, 9.17) is 11.6 Å². The van der Waals surface area contributed by atoms with Crippen LogP contribution in [0.5, 0.6) is 0 Å². The summed E-state index contributed by atoms with van der Waals surface area (Å²) in [6.45, 7) is 1.58. The van der Waals surface area contributed by atoms with Crippen molar-refractivity contribution < 1.29 is 4.79 Å². The zero-order valence-electron chi connectivity index (χ0n) is 14.8. The molecule has 0 radical (unpaired) electrons. The molecule has 0 unspecified atom stereocenters. The number of benzene rings is 1. The van der Waals surface area contributed by atoms with Crippen LogP contribution in [0, 0.1) is 0 Å². The number of amides is 1. The predicted octanol–water partition coefficient (Wildman–Crippen LogP) is 2.60. The molecule has 0 heterocycles. The molecule has 0 aromatic heterocycles. The summed E-state index contributed by atoms with van der Waals surface area (Å²) in [7, 11) is 1.77. The predicted molar refractivity (Wildman–Crippen MR) is 102 cm³/mol. The number of hydrogen-bond acceptors (Lipinski definition) is 2. The Balaban J connectivity index is 1.38. The van der Waals surface area contributed by atoms with Crippen molar-refractivity contribution in [2.24, 2.45) is 4.99 Å². The molecule has 3 N–H and O–H groups in total. The minimum Gasteiger partial charge on any atom is -0.356 e. The summed E-state index contributed by atoms with van der Waals surface area (Å²) >= 11 is 6.12. The number of carbonyl (C=O) groups excluding carboxylic acids is 1. The first-order valence-corrected chi connectivity index (χ1v) is 9.49. The van der Waals surface area contributed by atoms with Gasteiger partial charge in [0.1, 0.15) is 0 Å². The third-order valence-corrected chi connectivity index (χ3v) is 5.16. The highest BCUT2D eigenvalue weighted by Crippen LogP contribution is 2.48. The lowest BCUT2D eigenvalue weighted by molar-refractivity contribution is -0.121. The molecule has 25 heavy (non-hydrogen) atoms. The van der Waals surface area contributed by atoms with E-state index in [1.165, 1.54) is 18.4 Å². The van der Waals surface area contributed by atoms with Gasteiger partial charge in [0.15, 0.2) is 5.96 Å². The molecule has 1 aromatic rings. The van der Waals surface area contributed by atoms with Crippen molar-refractivity contribution in [3.05, 3.63) is 34.9 Å². The summed E-state index contributed by atoms with van der Waals surface area (Å²) in [4.78, 5) is 15.9. The SMILES string of the molecule is CN=C(NCCCC(=O)NC1CC1)NCC1(c2cccc(Cl)c2)CC1. The monoisotopic (exact) mass is 362 g/mol. The maximum atomic E-state index is 11.7. The molecule has 5 nitrogen and oxygen atoms in total. The molecular formula is C19H27ClN4O. The van der Waals surface area contributed by atoms with E-state index in [0.717, 1.165) is 43.3 Å². The summed E-state index contributed by atoms with van der Waals surface area (Å²) in [6.07, 6.45) is 5.97. The number of aliphatic imine (C=N–C) groups is 1. The Kier molecular flexibility index (Phi) is 5.84. The van der Waals surface area contributed by atoms with Crippen molar-refractivity contribution in [2.45, 2.75) is 50.0 Å². The van der Waals surface area contributed by atoms with Gasteiger partial charge in [0, 0.05) is 43.0 Å². The third-order valence-electron chi connectivity index (χ3n) is 4.92. The summed E-state index contributed by atoms with van der Waals surface area (Å²) in [5.41, 5.74) is 1.46. The summed E-state index contributed by atoms with van der Waals surface area (Å²) < 4.78 is 0. The van der Waals surface area contributed by atoms with E-state index in [1.54, 1.807) is 7.05 Å². The first kappa shape index (κ1) is 18.1. The Morgan fingerprint density at radius 2 is 2.12 bits per heavy atom. The topological polar surface area (TPSA) is 65.5 Å². The second-order valence-corrected chi connectivity index (χ2v) is 7.52.